The third kappa shape index (κ3) is 7.00. The molecule has 0 saturated carbocycles. The minimum absolute atomic E-state index is 0.0959. The second-order valence-corrected chi connectivity index (χ2v) is 6.77. The average molecular weight is 430 g/mol. The molecule has 0 radical (unpaired) electrons. The van der Waals surface area contributed by atoms with Crippen LogP contribution in [-0.2, 0) is 4.79 Å². The molecule has 0 aliphatic heterocycles. The molecule has 4 aromatic rings. The molecule has 0 unspecified atom stereocenters. The lowest BCUT2D eigenvalue weighted by Gasteiger charge is -2.08. The Labute approximate surface area is 185 Å². The first kappa shape index (κ1) is 22.6. The first-order valence-electron chi connectivity index (χ1n) is 9.91. The maximum absolute atomic E-state index is 12.9. The van der Waals surface area contributed by atoms with Gasteiger partial charge in [0.15, 0.2) is 0 Å². The number of hydrogen-bond donors (Lipinski definition) is 2. The third-order valence-electron chi connectivity index (χ3n) is 4.21. The summed E-state index contributed by atoms with van der Waals surface area (Å²) in [6.45, 7) is 1.92. The maximum atomic E-state index is 12.9. The molecule has 1 amide bonds. The van der Waals surface area contributed by atoms with Crippen molar-refractivity contribution in [2.75, 3.05) is 11.9 Å². The van der Waals surface area contributed by atoms with Crippen molar-refractivity contribution in [2.24, 2.45) is 5.73 Å². The fourth-order valence-electron chi connectivity index (χ4n) is 2.64. The van der Waals surface area contributed by atoms with Gasteiger partial charge in [-0.3, -0.25) is 9.78 Å². The van der Waals surface area contributed by atoms with E-state index >= 15 is 0 Å². The SMILES string of the molecule is Cc1cccnc1.NCC(=O)Nc1cccc(-c2ccc(Oc3ccc(F)cc3)cc2)n1. The summed E-state index contributed by atoms with van der Waals surface area (Å²) in [4.78, 5) is 19.6. The second-order valence-electron chi connectivity index (χ2n) is 6.77. The Kier molecular flexibility index (Phi) is 8.00. The molecule has 0 fully saturated rings. The quantitative estimate of drug-likeness (QED) is 0.467. The van der Waals surface area contributed by atoms with Crippen molar-refractivity contribution in [1.82, 2.24) is 9.97 Å². The van der Waals surface area contributed by atoms with E-state index < -0.39 is 0 Å². The Balaban J connectivity index is 0.000000352. The highest BCUT2D eigenvalue weighted by molar-refractivity contribution is 5.91. The summed E-state index contributed by atoms with van der Waals surface area (Å²) in [5.41, 5.74) is 8.08. The van der Waals surface area contributed by atoms with Gasteiger partial charge >= 0.3 is 0 Å². The molecule has 0 aliphatic rings. The van der Waals surface area contributed by atoms with E-state index in [1.54, 1.807) is 42.6 Å². The Morgan fingerprint density at radius 1 is 0.969 bits per heavy atom. The summed E-state index contributed by atoms with van der Waals surface area (Å²) < 4.78 is 18.6. The predicted octanol–water partition coefficient (Wildman–Crippen LogP) is 4.97. The number of aryl methyl sites for hydroxylation is 1. The predicted molar refractivity (Wildman–Crippen MR) is 123 cm³/mol. The van der Waals surface area contributed by atoms with Crippen LogP contribution < -0.4 is 15.8 Å². The number of anilines is 1. The van der Waals surface area contributed by atoms with Crippen LogP contribution >= 0.6 is 0 Å². The standard InChI is InChI=1S/C19H16FN3O2.C6H7N/c20-14-6-10-16(11-7-14)25-15-8-4-13(5-9-15)17-2-1-3-18(22-17)23-19(24)12-21;1-6-3-2-4-7-5-6/h1-11H,12,21H2,(H,22,23,24);2-5H,1H3. The molecule has 6 nitrogen and oxygen atoms in total. The van der Waals surface area contributed by atoms with Crippen LogP contribution in [0.3, 0.4) is 0 Å². The van der Waals surface area contributed by atoms with E-state index in [9.17, 15) is 9.18 Å². The van der Waals surface area contributed by atoms with Crippen molar-refractivity contribution in [3.05, 3.63) is 103 Å². The van der Waals surface area contributed by atoms with E-state index in [4.69, 9.17) is 10.5 Å². The zero-order chi connectivity index (χ0) is 22.8. The van der Waals surface area contributed by atoms with Gasteiger partial charge < -0.3 is 15.8 Å². The largest absolute Gasteiger partial charge is 0.457 e. The molecule has 0 aliphatic carbocycles. The fraction of sp³-hybridized carbons (Fsp3) is 0.0800. The number of aromatic nitrogens is 2. The summed E-state index contributed by atoms with van der Waals surface area (Å²) in [7, 11) is 0. The zero-order valence-electron chi connectivity index (χ0n) is 17.5. The number of carbonyl (C=O) groups excluding carboxylic acids is 1. The van der Waals surface area contributed by atoms with Gasteiger partial charge in [-0.1, -0.05) is 12.1 Å². The van der Waals surface area contributed by atoms with Gasteiger partial charge in [-0.25, -0.2) is 9.37 Å². The number of amides is 1. The number of pyridine rings is 2. The number of nitrogens with zero attached hydrogens (tertiary/aromatic N) is 2. The summed E-state index contributed by atoms with van der Waals surface area (Å²) in [5, 5.41) is 2.62. The number of nitrogens with two attached hydrogens (primary N) is 1. The Morgan fingerprint density at radius 3 is 2.22 bits per heavy atom. The number of hydrogen-bond acceptors (Lipinski definition) is 5. The van der Waals surface area contributed by atoms with Crippen LogP contribution in [0.25, 0.3) is 11.3 Å². The normalized spacial score (nSPS) is 9.97. The van der Waals surface area contributed by atoms with Gasteiger partial charge in [0, 0.05) is 18.0 Å². The molecular weight excluding hydrogens is 407 g/mol. The molecule has 7 heteroatoms. The Bertz CT molecular complexity index is 1130. The van der Waals surface area contributed by atoms with Crippen LogP contribution in [0.15, 0.2) is 91.3 Å². The molecule has 162 valence electrons. The highest BCUT2D eigenvalue weighted by Crippen LogP contribution is 2.25. The van der Waals surface area contributed by atoms with Crippen LogP contribution in [0.5, 0.6) is 11.5 Å². The molecule has 4 rings (SSSR count). The van der Waals surface area contributed by atoms with Crippen molar-refractivity contribution in [2.45, 2.75) is 6.92 Å². The van der Waals surface area contributed by atoms with Crippen LogP contribution in [0.2, 0.25) is 0 Å². The molecule has 32 heavy (non-hydrogen) atoms. The number of nitrogens with one attached hydrogen (secondary N) is 1. The van der Waals surface area contributed by atoms with Crippen LogP contribution in [-0.4, -0.2) is 22.4 Å². The summed E-state index contributed by atoms with van der Waals surface area (Å²) >= 11 is 0. The van der Waals surface area contributed by atoms with Gasteiger partial charge in [-0.15, -0.1) is 0 Å². The summed E-state index contributed by atoms with van der Waals surface area (Å²) in [5.74, 6) is 1.02. The number of rotatable bonds is 5. The number of carbonyl (C=O) groups is 1. The van der Waals surface area contributed by atoms with Crippen molar-refractivity contribution in [3.8, 4) is 22.8 Å². The average Bonchev–Trinajstić information content (AvgIpc) is 2.82. The molecule has 0 spiro atoms. The van der Waals surface area contributed by atoms with Crippen LogP contribution in [0, 0.1) is 12.7 Å². The number of benzene rings is 2. The zero-order valence-corrected chi connectivity index (χ0v) is 17.5. The van der Waals surface area contributed by atoms with E-state index in [1.807, 2.05) is 43.5 Å². The smallest absolute Gasteiger partial charge is 0.239 e. The minimum Gasteiger partial charge on any atom is -0.457 e. The van der Waals surface area contributed by atoms with E-state index in [2.05, 4.69) is 15.3 Å². The van der Waals surface area contributed by atoms with Crippen LogP contribution in [0.1, 0.15) is 5.56 Å². The third-order valence-corrected chi connectivity index (χ3v) is 4.21. The van der Waals surface area contributed by atoms with E-state index in [1.165, 1.54) is 17.7 Å². The minimum atomic E-state index is -0.310. The van der Waals surface area contributed by atoms with Crippen molar-refractivity contribution >= 4 is 11.7 Å². The van der Waals surface area contributed by atoms with E-state index in [-0.39, 0.29) is 18.3 Å². The first-order valence-corrected chi connectivity index (χ1v) is 9.91. The number of halogens is 1. The van der Waals surface area contributed by atoms with E-state index in [0.29, 0.717) is 23.0 Å². The second kappa shape index (κ2) is 11.3. The van der Waals surface area contributed by atoms with Gasteiger partial charge in [0.1, 0.15) is 23.1 Å². The lowest BCUT2D eigenvalue weighted by molar-refractivity contribution is -0.114. The van der Waals surface area contributed by atoms with Gasteiger partial charge in [0.25, 0.3) is 0 Å². The van der Waals surface area contributed by atoms with Gasteiger partial charge in [0.05, 0.1) is 12.2 Å². The first-order chi connectivity index (χ1) is 15.5. The van der Waals surface area contributed by atoms with Crippen molar-refractivity contribution in [1.29, 1.82) is 0 Å². The molecule has 2 aromatic carbocycles. The van der Waals surface area contributed by atoms with Gasteiger partial charge in [-0.05, 0) is 79.2 Å². The fourth-order valence-corrected chi connectivity index (χ4v) is 2.64. The topological polar surface area (TPSA) is 90.1 Å². The Morgan fingerprint density at radius 2 is 1.66 bits per heavy atom. The lowest BCUT2D eigenvalue weighted by atomic mass is 10.1. The lowest BCUT2D eigenvalue weighted by Crippen LogP contribution is -2.22. The molecule has 2 aromatic heterocycles. The summed E-state index contributed by atoms with van der Waals surface area (Å²) in [6.07, 6.45) is 3.60. The summed E-state index contributed by atoms with van der Waals surface area (Å²) in [6, 6.07) is 22.4. The van der Waals surface area contributed by atoms with Crippen molar-refractivity contribution < 1.29 is 13.9 Å². The van der Waals surface area contributed by atoms with E-state index in [0.717, 1.165) is 5.56 Å². The highest BCUT2D eigenvalue weighted by Gasteiger charge is 2.05. The maximum Gasteiger partial charge on any atom is 0.239 e. The molecular formula is C25H23FN4O2. The molecule has 0 saturated heterocycles. The Hall–Kier alpha value is -4.10. The highest BCUT2D eigenvalue weighted by atomic mass is 19.1. The van der Waals surface area contributed by atoms with Crippen LogP contribution in [0.4, 0.5) is 10.2 Å². The number of ether oxygens (including phenoxy) is 1. The van der Waals surface area contributed by atoms with Gasteiger partial charge in [0.2, 0.25) is 5.91 Å². The molecule has 2 heterocycles. The van der Waals surface area contributed by atoms with Gasteiger partial charge in [-0.2, -0.15) is 0 Å². The molecule has 3 N–H and O–H groups in total. The molecule has 0 atom stereocenters. The molecule has 0 bridgehead atoms. The monoisotopic (exact) mass is 430 g/mol. The van der Waals surface area contributed by atoms with Crippen molar-refractivity contribution in [3.63, 3.8) is 0 Å².